The van der Waals surface area contributed by atoms with Gasteiger partial charge < -0.3 is 5.32 Å². The van der Waals surface area contributed by atoms with E-state index >= 15 is 0 Å². The van der Waals surface area contributed by atoms with Crippen molar-refractivity contribution in [1.82, 2.24) is 4.98 Å². The van der Waals surface area contributed by atoms with Crippen molar-refractivity contribution in [2.24, 2.45) is 0 Å². The van der Waals surface area contributed by atoms with Crippen molar-refractivity contribution >= 4 is 17.4 Å². The molecule has 0 fully saturated rings. The fourth-order valence-corrected chi connectivity index (χ4v) is 1.25. The Balaban J connectivity index is 2.88. The predicted octanol–water partition coefficient (Wildman–Crippen LogP) is 4.07. The number of anilines is 1. The Hall–Kier alpha value is -1.25. The van der Waals surface area contributed by atoms with Gasteiger partial charge in [0.2, 0.25) is 0 Å². The molecule has 1 rings (SSSR count). The van der Waals surface area contributed by atoms with Gasteiger partial charge in [-0.3, -0.25) is 0 Å². The zero-order chi connectivity index (χ0) is 14.8. The van der Waals surface area contributed by atoms with E-state index in [1.54, 1.807) is 5.32 Å². The Morgan fingerprint density at radius 3 is 2.21 bits per heavy atom. The van der Waals surface area contributed by atoms with E-state index < -0.39 is 41.6 Å². The molecule has 0 aromatic carbocycles. The molecule has 0 aliphatic carbocycles. The van der Waals surface area contributed by atoms with Crippen molar-refractivity contribution in [3.05, 3.63) is 22.8 Å². The summed E-state index contributed by atoms with van der Waals surface area (Å²) in [4.78, 5) is 3.29. The van der Waals surface area contributed by atoms with Crippen LogP contribution in [0.1, 0.15) is 5.56 Å². The Morgan fingerprint density at radius 2 is 1.74 bits per heavy atom. The molecule has 1 N–H and O–H groups in total. The summed E-state index contributed by atoms with van der Waals surface area (Å²) in [6.07, 6.45) is -8.70. The number of nitrogens with zero attached hydrogens (tertiary/aromatic N) is 1. The molecule has 2 nitrogen and oxygen atoms in total. The maximum absolute atomic E-state index is 12.6. The lowest BCUT2D eigenvalue weighted by atomic mass is 10.2. The van der Waals surface area contributed by atoms with Gasteiger partial charge >= 0.3 is 18.5 Å². The highest BCUT2D eigenvalue weighted by atomic mass is 35.5. The largest absolute Gasteiger partial charge is 0.416 e. The Morgan fingerprint density at radius 1 is 1.16 bits per heavy atom. The second kappa shape index (κ2) is 5.40. The number of rotatable bonds is 4. The molecule has 1 aromatic rings. The molecule has 0 saturated heterocycles. The predicted molar refractivity (Wildman–Crippen MR) is 53.7 cm³/mol. The first kappa shape index (κ1) is 15.8. The van der Waals surface area contributed by atoms with E-state index in [0.29, 0.717) is 12.1 Å². The van der Waals surface area contributed by atoms with Crippen LogP contribution in [0, 0.1) is 0 Å². The number of hydrogen-bond acceptors (Lipinski definition) is 2. The van der Waals surface area contributed by atoms with Gasteiger partial charge in [-0.05, 0) is 12.1 Å². The highest BCUT2D eigenvalue weighted by molar-refractivity contribution is 6.29. The summed E-state index contributed by atoms with van der Waals surface area (Å²) in [7, 11) is 0. The van der Waals surface area contributed by atoms with Crippen LogP contribution in [0.5, 0.6) is 0 Å². The van der Waals surface area contributed by atoms with Gasteiger partial charge in [0.25, 0.3) is 0 Å². The van der Waals surface area contributed by atoms with E-state index in [4.69, 9.17) is 11.6 Å². The zero-order valence-corrected chi connectivity index (χ0v) is 9.67. The molecule has 0 unspecified atom stereocenters. The summed E-state index contributed by atoms with van der Waals surface area (Å²) >= 11 is 5.28. The zero-order valence-electron chi connectivity index (χ0n) is 8.91. The van der Waals surface area contributed by atoms with E-state index in [-0.39, 0.29) is 0 Å². The van der Waals surface area contributed by atoms with Crippen molar-refractivity contribution in [3.63, 3.8) is 0 Å². The van der Waals surface area contributed by atoms with Gasteiger partial charge in [0.1, 0.15) is 11.0 Å². The summed E-state index contributed by atoms with van der Waals surface area (Å²) in [5, 5.41) is 1.09. The van der Waals surface area contributed by atoms with Gasteiger partial charge in [-0.2, -0.15) is 22.0 Å². The van der Waals surface area contributed by atoms with Crippen molar-refractivity contribution in [2.75, 3.05) is 11.9 Å². The van der Waals surface area contributed by atoms with Gasteiger partial charge in [-0.1, -0.05) is 11.6 Å². The summed E-state index contributed by atoms with van der Waals surface area (Å²) in [5.74, 6) is -5.05. The second-order valence-corrected chi connectivity index (χ2v) is 3.86. The van der Waals surface area contributed by atoms with Crippen molar-refractivity contribution in [3.8, 4) is 0 Å². The lowest BCUT2D eigenvalue weighted by molar-refractivity contribution is -0.137. The minimum atomic E-state index is -4.76. The minimum absolute atomic E-state index is 0.396. The summed E-state index contributed by atoms with van der Waals surface area (Å²) in [5.41, 5.74) is -1.23. The molecule has 108 valence electrons. The third-order valence-corrected chi connectivity index (χ3v) is 2.14. The monoisotopic (exact) mass is 310 g/mol. The summed E-state index contributed by atoms with van der Waals surface area (Å²) in [6.45, 7) is -1.56. The molecular weight excluding hydrogens is 305 g/mol. The Kier molecular flexibility index (Phi) is 4.49. The average molecular weight is 311 g/mol. The molecule has 0 spiro atoms. The molecule has 0 radical (unpaired) electrons. The second-order valence-electron chi connectivity index (χ2n) is 3.48. The molecule has 0 aliphatic rings. The minimum Gasteiger partial charge on any atom is -0.364 e. The average Bonchev–Trinajstić information content (AvgIpc) is 2.24. The standard InChI is InChI=1S/C9H6ClF7N2/c10-5-1-4(9(15,16)17)2-6(19-5)18-3-8(13,14)7(11)12/h1-2,7H,3H2,(H,18,19). The van der Waals surface area contributed by atoms with Crippen molar-refractivity contribution in [2.45, 2.75) is 18.5 Å². The fraction of sp³-hybridized carbons (Fsp3) is 0.444. The molecule has 0 saturated carbocycles. The van der Waals surface area contributed by atoms with E-state index in [1.165, 1.54) is 0 Å². The van der Waals surface area contributed by atoms with Crippen molar-refractivity contribution < 1.29 is 30.7 Å². The molecule has 1 heterocycles. The number of nitrogens with one attached hydrogen (secondary N) is 1. The fourth-order valence-electron chi connectivity index (χ4n) is 1.04. The highest BCUT2D eigenvalue weighted by Gasteiger charge is 2.40. The number of aromatic nitrogens is 1. The lowest BCUT2D eigenvalue weighted by Gasteiger charge is -2.17. The number of hydrogen-bond donors (Lipinski definition) is 1. The van der Waals surface area contributed by atoms with Crippen LogP contribution >= 0.6 is 11.6 Å². The van der Waals surface area contributed by atoms with E-state index in [2.05, 4.69) is 4.98 Å². The quantitative estimate of drug-likeness (QED) is 0.670. The third kappa shape index (κ3) is 4.41. The SMILES string of the molecule is FC(F)C(F)(F)CNc1cc(C(F)(F)F)cc(Cl)n1. The molecular formula is C9H6ClF7N2. The van der Waals surface area contributed by atoms with E-state index in [9.17, 15) is 30.7 Å². The van der Waals surface area contributed by atoms with Crippen LogP contribution in [0.25, 0.3) is 0 Å². The Labute approximate surface area is 107 Å². The summed E-state index contributed by atoms with van der Waals surface area (Å²) in [6, 6.07) is 0.880. The molecule has 0 aliphatic heterocycles. The topological polar surface area (TPSA) is 24.9 Å². The van der Waals surface area contributed by atoms with Gasteiger partial charge in [0.05, 0.1) is 12.1 Å². The third-order valence-electron chi connectivity index (χ3n) is 1.95. The van der Waals surface area contributed by atoms with Crippen molar-refractivity contribution in [1.29, 1.82) is 0 Å². The molecule has 10 heteroatoms. The summed E-state index contributed by atoms with van der Waals surface area (Å²) < 4.78 is 85.9. The Bertz CT molecular complexity index is 447. The number of alkyl halides is 7. The van der Waals surface area contributed by atoms with Crippen LogP contribution in [0.15, 0.2) is 12.1 Å². The maximum atomic E-state index is 12.6. The maximum Gasteiger partial charge on any atom is 0.416 e. The first-order valence-corrected chi connectivity index (χ1v) is 5.05. The van der Waals surface area contributed by atoms with E-state index in [0.717, 1.165) is 0 Å². The highest BCUT2D eigenvalue weighted by Crippen LogP contribution is 2.32. The van der Waals surface area contributed by atoms with Crippen LogP contribution in [-0.4, -0.2) is 23.9 Å². The molecule has 0 atom stereocenters. The lowest BCUT2D eigenvalue weighted by Crippen LogP contribution is -2.35. The van der Waals surface area contributed by atoms with Crippen LogP contribution in [0.3, 0.4) is 0 Å². The molecule has 19 heavy (non-hydrogen) atoms. The van der Waals surface area contributed by atoms with E-state index in [1.807, 2.05) is 0 Å². The molecule has 0 amide bonds. The number of pyridine rings is 1. The van der Waals surface area contributed by atoms with Gasteiger partial charge in [-0.25, -0.2) is 13.8 Å². The van der Waals surface area contributed by atoms with Crippen LogP contribution < -0.4 is 5.32 Å². The number of halogens is 8. The smallest absolute Gasteiger partial charge is 0.364 e. The van der Waals surface area contributed by atoms with Gasteiger partial charge in [-0.15, -0.1) is 0 Å². The normalized spacial score (nSPS) is 12.9. The molecule has 1 aromatic heterocycles. The first-order chi connectivity index (χ1) is 8.52. The van der Waals surface area contributed by atoms with Gasteiger partial charge in [0, 0.05) is 0 Å². The molecule has 0 bridgehead atoms. The van der Waals surface area contributed by atoms with Gasteiger partial charge in [0.15, 0.2) is 0 Å². The van der Waals surface area contributed by atoms with Crippen LogP contribution in [-0.2, 0) is 6.18 Å². The van der Waals surface area contributed by atoms with Crippen LogP contribution in [0.2, 0.25) is 5.15 Å². The first-order valence-electron chi connectivity index (χ1n) is 4.67. The van der Waals surface area contributed by atoms with Crippen LogP contribution in [0.4, 0.5) is 36.6 Å².